The summed E-state index contributed by atoms with van der Waals surface area (Å²) in [5, 5.41) is 6.52. The van der Waals surface area contributed by atoms with Gasteiger partial charge >= 0.3 is 0 Å². The van der Waals surface area contributed by atoms with Gasteiger partial charge in [0, 0.05) is 17.5 Å². The quantitative estimate of drug-likeness (QED) is 0.491. The van der Waals surface area contributed by atoms with Crippen LogP contribution in [0.5, 0.6) is 11.5 Å². The highest BCUT2D eigenvalue weighted by Crippen LogP contribution is 2.61. The molecule has 1 atom stereocenters. The third-order valence-corrected chi connectivity index (χ3v) is 8.98. The van der Waals surface area contributed by atoms with Crippen molar-refractivity contribution < 1.29 is 9.47 Å². The van der Waals surface area contributed by atoms with Crippen LogP contribution in [0.4, 0.5) is 0 Å². The monoisotopic (exact) mass is 445 g/mol. The predicted molar refractivity (Wildman–Crippen MR) is 124 cm³/mol. The van der Waals surface area contributed by atoms with Crippen LogP contribution in [0.2, 0.25) is 5.02 Å². The molecule has 1 heterocycles. The minimum absolute atomic E-state index is 0.506. The van der Waals surface area contributed by atoms with E-state index in [0.29, 0.717) is 34.6 Å². The summed E-state index contributed by atoms with van der Waals surface area (Å²) in [5.74, 6) is 4.28. The van der Waals surface area contributed by atoms with Crippen LogP contribution in [0.3, 0.4) is 0 Å². The average molecular weight is 446 g/mol. The maximum absolute atomic E-state index is 6.60. The van der Waals surface area contributed by atoms with E-state index in [1.165, 1.54) is 43.4 Å². The van der Waals surface area contributed by atoms with Crippen LogP contribution in [0, 0.1) is 23.2 Å². The fraction of sp³-hybridized carbons (Fsp3) is 0.600. The number of methoxy groups -OCH3 is 1. The highest BCUT2D eigenvalue weighted by Gasteiger charge is 2.52. The smallest absolute Gasteiger partial charge is 0.180 e. The number of ether oxygens (including phenoxy) is 2. The van der Waals surface area contributed by atoms with Crippen molar-refractivity contribution in [2.45, 2.75) is 64.6 Å². The molecule has 0 aliphatic heterocycles. The Morgan fingerprint density at radius 2 is 1.87 bits per heavy atom. The molecule has 3 nitrogen and oxygen atoms in total. The molecule has 0 amide bonds. The van der Waals surface area contributed by atoms with Crippen molar-refractivity contribution in [2.24, 2.45) is 23.2 Å². The van der Waals surface area contributed by atoms with Crippen molar-refractivity contribution in [2.75, 3.05) is 7.11 Å². The fourth-order valence-electron chi connectivity index (χ4n) is 6.75. The summed E-state index contributed by atoms with van der Waals surface area (Å²) in [6, 6.07) is 8.71. The number of nitrogens with one attached hydrogen (secondary N) is 1. The van der Waals surface area contributed by atoms with E-state index in [9.17, 15) is 0 Å². The van der Waals surface area contributed by atoms with Gasteiger partial charge in [0.25, 0.3) is 0 Å². The summed E-state index contributed by atoms with van der Waals surface area (Å²) in [7, 11) is 1.68. The van der Waals surface area contributed by atoms with Crippen molar-refractivity contribution >= 4 is 22.9 Å². The van der Waals surface area contributed by atoms with Gasteiger partial charge in [-0.15, -0.1) is 11.3 Å². The molecule has 0 spiro atoms. The topological polar surface area (TPSA) is 30.5 Å². The minimum Gasteiger partial charge on any atom is -0.493 e. The molecule has 4 saturated carbocycles. The van der Waals surface area contributed by atoms with Crippen molar-refractivity contribution in [1.82, 2.24) is 5.32 Å². The van der Waals surface area contributed by atoms with Crippen LogP contribution >= 0.6 is 22.9 Å². The maximum Gasteiger partial charge on any atom is 0.180 e. The first-order valence-electron chi connectivity index (χ1n) is 11.3. The third-order valence-electron chi connectivity index (χ3n) is 7.84. The lowest BCUT2D eigenvalue weighted by Crippen LogP contribution is -2.54. The Balaban J connectivity index is 1.25. The van der Waals surface area contributed by atoms with E-state index in [1.54, 1.807) is 18.4 Å². The van der Waals surface area contributed by atoms with E-state index < -0.39 is 0 Å². The molecular formula is C25H32ClNO2S. The van der Waals surface area contributed by atoms with Crippen LogP contribution in [0.1, 0.15) is 55.9 Å². The Morgan fingerprint density at radius 1 is 1.17 bits per heavy atom. The van der Waals surface area contributed by atoms with Gasteiger partial charge in [-0.3, -0.25) is 0 Å². The Kier molecular flexibility index (Phi) is 5.76. The highest BCUT2D eigenvalue weighted by molar-refractivity contribution is 7.09. The molecule has 6 rings (SSSR count). The van der Waals surface area contributed by atoms with Crippen molar-refractivity contribution in [3.63, 3.8) is 0 Å². The van der Waals surface area contributed by atoms with Crippen molar-refractivity contribution in [3.8, 4) is 11.5 Å². The first kappa shape index (κ1) is 20.7. The molecule has 4 fully saturated rings. The molecule has 1 N–H and O–H groups in total. The summed E-state index contributed by atoms with van der Waals surface area (Å²) >= 11 is 8.28. The first-order chi connectivity index (χ1) is 14.5. The molecule has 4 bridgehead atoms. The summed E-state index contributed by atoms with van der Waals surface area (Å²) in [6.07, 6.45) is 8.75. The van der Waals surface area contributed by atoms with Crippen molar-refractivity contribution in [3.05, 3.63) is 45.1 Å². The molecule has 4 aliphatic carbocycles. The normalized spacial score (nSPS) is 30.4. The van der Waals surface area contributed by atoms with Gasteiger partial charge in [0.05, 0.1) is 12.1 Å². The number of halogens is 1. The fourth-order valence-corrected chi connectivity index (χ4v) is 7.65. The van der Waals surface area contributed by atoms with Gasteiger partial charge in [-0.25, -0.2) is 0 Å². The molecular weight excluding hydrogens is 414 g/mol. The van der Waals surface area contributed by atoms with Crippen LogP contribution < -0.4 is 14.8 Å². The summed E-state index contributed by atoms with van der Waals surface area (Å²) in [6.45, 7) is 3.73. The lowest BCUT2D eigenvalue weighted by Gasteiger charge is -2.59. The molecule has 2 aromatic rings. The molecule has 5 heteroatoms. The van der Waals surface area contributed by atoms with Gasteiger partial charge in [0.2, 0.25) is 0 Å². The highest BCUT2D eigenvalue weighted by atomic mass is 35.5. The van der Waals surface area contributed by atoms with Crippen LogP contribution in [0.15, 0.2) is 29.6 Å². The second-order valence-corrected chi connectivity index (χ2v) is 11.3. The summed E-state index contributed by atoms with van der Waals surface area (Å²) < 4.78 is 11.6. The average Bonchev–Trinajstić information content (AvgIpc) is 3.23. The molecule has 0 unspecified atom stereocenters. The number of hydrogen-bond acceptors (Lipinski definition) is 4. The van der Waals surface area contributed by atoms with Gasteiger partial charge in [-0.05, 0) is 97.8 Å². The van der Waals surface area contributed by atoms with Gasteiger partial charge in [-0.1, -0.05) is 17.7 Å². The molecule has 0 radical (unpaired) electrons. The van der Waals surface area contributed by atoms with Gasteiger partial charge in [-0.2, -0.15) is 0 Å². The molecule has 1 aromatic carbocycles. The van der Waals surface area contributed by atoms with E-state index in [0.717, 1.165) is 29.9 Å². The SMILES string of the molecule is COc1cc(CN[C@@H](C)C23CC4CC(CC(C4)C2)C3)cc(Cl)c1OCc1cccs1. The van der Waals surface area contributed by atoms with E-state index in [4.69, 9.17) is 21.1 Å². The number of thiophene rings is 1. The largest absolute Gasteiger partial charge is 0.493 e. The van der Waals surface area contributed by atoms with Crippen molar-refractivity contribution in [1.29, 1.82) is 0 Å². The number of rotatable bonds is 8. The minimum atomic E-state index is 0.506. The molecule has 1 aromatic heterocycles. The van der Waals surface area contributed by atoms with Crippen LogP contribution in [0.25, 0.3) is 0 Å². The predicted octanol–water partition coefficient (Wildman–Crippen LogP) is 6.68. The molecule has 30 heavy (non-hydrogen) atoms. The zero-order valence-electron chi connectivity index (χ0n) is 18.0. The van der Waals surface area contributed by atoms with E-state index >= 15 is 0 Å². The second kappa shape index (κ2) is 8.37. The Hall–Kier alpha value is -1.23. The molecule has 162 valence electrons. The first-order valence-corrected chi connectivity index (χ1v) is 12.6. The van der Waals surface area contributed by atoms with E-state index in [-0.39, 0.29) is 0 Å². The summed E-state index contributed by atoms with van der Waals surface area (Å²) in [5.41, 5.74) is 1.66. The van der Waals surface area contributed by atoms with Crippen LogP contribution in [-0.4, -0.2) is 13.2 Å². The Labute approximate surface area is 189 Å². The number of hydrogen-bond donors (Lipinski definition) is 1. The Morgan fingerprint density at radius 3 is 2.47 bits per heavy atom. The zero-order chi connectivity index (χ0) is 20.7. The standard InChI is InChI=1S/C25H32ClNO2S/c1-16(25-11-17-6-18(12-25)8-19(7-17)13-25)27-14-20-9-22(26)24(23(10-20)28-2)29-15-21-4-3-5-30-21/h3-5,9-10,16-19,27H,6-8,11-15H2,1-2H3/t16-,17?,18?,19?,25?/m0/s1. The molecule has 4 aliphatic rings. The maximum atomic E-state index is 6.60. The zero-order valence-corrected chi connectivity index (χ0v) is 19.5. The second-order valence-electron chi connectivity index (χ2n) is 9.86. The van der Waals surface area contributed by atoms with E-state index in [1.807, 2.05) is 12.1 Å². The van der Waals surface area contributed by atoms with Gasteiger partial charge in [0.15, 0.2) is 11.5 Å². The lowest BCUT2D eigenvalue weighted by atomic mass is 9.48. The van der Waals surface area contributed by atoms with Crippen LogP contribution in [-0.2, 0) is 13.2 Å². The molecule has 0 saturated heterocycles. The number of benzene rings is 1. The van der Waals surface area contributed by atoms with E-state index in [2.05, 4.69) is 29.8 Å². The Bertz CT molecular complexity index is 846. The lowest BCUT2D eigenvalue weighted by molar-refractivity contribution is -0.0706. The van der Waals surface area contributed by atoms with Gasteiger partial charge < -0.3 is 14.8 Å². The summed E-state index contributed by atoms with van der Waals surface area (Å²) in [4.78, 5) is 1.17. The van der Waals surface area contributed by atoms with Gasteiger partial charge in [0.1, 0.15) is 6.61 Å². The third kappa shape index (κ3) is 3.99.